The van der Waals surface area contributed by atoms with E-state index in [0.717, 1.165) is 20.8 Å². The predicted octanol–water partition coefficient (Wildman–Crippen LogP) is 5.99. The summed E-state index contributed by atoms with van der Waals surface area (Å²) in [7, 11) is 0. The third-order valence-corrected chi connectivity index (χ3v) is 6.09. The van der Waals surface area contributed by atoms with Crippen molar-refractivity contribution in [2.75, 3.05) is 0 Å². The Balaban J connectivity index is 1.79. The lowest BCUT2D eigenvalue weighted by Gasteiger charge is -2.04. The average Bonchev–Trinajstić information content (AvgIpc) is 3.27. The number of hydrogen-bond acceptors (Lipinski definition) is 4. The van der Waals surface area contributed by atoms with Gasteiger partial charge in [0.15, 0.2) is 0 Å². The maximum atomic E-state index is 13.3. The molecule has 0 saturated heterocycles. The zero-order valence-electron chi connectivity index (χ0n) is 16.0. The summed E-state index contributed by atoms with van der Waals surface area (Å²) in [5.41, 5.74) is 3.64. The fraction of sp³-hybridized carbons (Fsp3) is 0.136. The third-order valence-electron chi connectivity index (χ3n) is 4.61. The molecule has 8 heteroatoms. The molecule has 2 aromatic heterocycles. The molecule has 0 atom stereocenters. The number of para-hydroxylation sites is 1. The molecular weight excluding hydrogens is 425 g/mol. The molecule has 0 fully saturated rings. The van der Waals surface area contributed by atoms with E-state index in [1.165, 1.54) is 28.2 Å². The van der Waals surface area contributed by atoms with Gasteiger partial charge in [0.2, 0.25) is 0 Å². The number of allylic oxidation sites excluding steroid dienone is 1. The highest BCUT2D eigenvalue weighted by atomic mass is 35.5. The van der Waals surface area contributed by atoms with E-state index < -0.39 is 5.97 Å². The average molecular weight is 442 g/mol. The number of carboxylic acids is 1. The van der Waals surface area contributed by atoms with E-state index in [2.05, 4.69) is 10.1 Å². The fourth-order valence-electron chi connectivity index (χ4n) is 3.09. The van der Waals surface area contributed by atoms with Crippen LogP contribution >= 0.6 is 22.9 Å². The normalized spacial score (nSPS) is 11.9. The highest BCUT2D eigenvalue weighted by Crippen LogP contribution is 2.33. The number of aliphatic carboxylic acids is 1. The summed E-state index contributed by atoms with van der Waals surface area (Å²) in [5, 5.41) is 14.8. The van der Waals surface area contributed by atoms with Crippen molar-refractivity contribution in [3.05, 3.63) is 75.8 Å². The molecule has 4 rings (SSSR count). The Hall–Kier alpha value is -3.03. The Morgan fingerprint density at radius 2 is 1.93 bits per heavy atom. The van der Waals surface area contributed by atoms with Crippen LogP contribution in [0.4, 0.5) is 4.39 Å². The second-order valence-electron chi connectivity index (χ2n) is 6.73. The van der Waals surface area contributed by atoms with Crippen molar-refractivity contribution >= 4 is 50.8 Å². The molecular formula is C22H17ClFN3O2S. The third kappa shape index (κ3) is 4.13. The molecule has 4 aromatic rings. The van der Waals surface area contributed by atoms with E-state index in [4.69, 9.17) is 11.6 Å². The Morgan fingerprint density at radius 3 is 2.63 bits per heavy atom. The highest BCUT2D eigenvalue weighted by Gasteiger charge is 2.17. The van der Waals surface area contributed by atoms with Crippen molar-refractivity contribution in [3.63, 3.8) is 0 Å². The van der Waals surface area contributed by atoms with Crippen LogP contribution in [-0.4, -0.2) is 25.8 Å². The van der Waals surface area contributed by atoms with Crippen LogP contribution in [0.5, 0.6) is 0 Å². The van der Waals surface area contributed by atoms with Gasteiger partial charge in [-0.25, -0.2) is 14.1 Å². The first-order chi connectivity index (χ1) is 14.4. The highest BCUT2D eigenvalue weighted by molar-refractivity contribution is 7.19. The minimum Gasteiger partial charge on any atom is -0.481 e. The first kappa shape index (κ1) is 20.3. The van der Waals surface area contributed by atoms with Crippen molar-refractivity contribution in [2.45, 2.75) is 19.8 Å². The van der Waals surface area contributed by atoms with Crippen LogP contribution < -0.4 is 0 Å². The van der Waals surface area contributed by atoms with Crippen LogP contribution in [0, 0.1) is 12.7 Å². The standard InChI is InChI=1S/C22H17ClFN3O2S/c1-13-17(21(23)27(26-13)16-9-7-15(24)8-10-16)12-14(6-11-20(28)29)22-25-18-4-2-3-5-19(18)30-22/h2-5,7-10,12H,6,11H2,1H3,(H,28,29). The van der Waals surface area contributed by atoms with Crippen LogP contribution in [0.25, 0.3) is 27.6 Å². The van der Waals surface area contributed by atoms with Gasteiger partial charge < -0.3 is 5.11 Å². The zero-order valence-corrected chi connectivity index (χ0v) is 17.5. The van der Waals surface area contributed by atoms with E-state index in [1.54, 1.807) is 12.1 Å². The number of carboxylic acid groups (broad SMARTS) is 1. The summed E-state index contributed by atoms with van der Waals surface area (Å²) in [6.07, 6.45) is 2.14. The van der Waals surface area contributed by atoms with E-state index in [0.29, 0.717) is 28.5 Å². The number of carbonyl (C=O) groups is 1. The lowest BCUT2D eigenvalue weighted by atomic mass is 10.1. The van der Waals surface area contributed by atoms with Gasteiger partial charge in [-0.05, 0) is 61.4 Å². The number of nitrogens with zero attached hydrogens (tertiary/aromatic N) is 3. The molecule has 0 unspecified atom stereocenters. The molecule has 1 N–H and O–H groups in total. The molecule has 0 amide bonds. The SMILES string of the molecule is Cc1nn(-c2ccc(F)cc2)c(Cl)c1C=C(CCC(=O)O)c1nc2ccccc2s1. The number of rotatable bonds is 6. The van der Waals surface area contributed by atoms with Gasteiger partial charge in [0, 0.05) is 12.0 Å². The molecule has 5 nitrogen and oxygen atoms in total. The summed E-state index contributed by atoms with van der Waals surface area (Å²) < 4.78 is 15.8. The first-order valence-electron chi connectivity index (χ1n) is 9.22. The van der Waals surface area contributed by atoms with Gasteiger partial charge in [-0.2, -0.15) is 5.10 Å². The number of thiazole rings is 1. The molecule has 0 saturated carbocycles. The number of halogens is 2. The molecule has 2 heterocycles. The monoisotopic (exact) mass is 441 g/mol. The molecule has 0 bridgehead atoms. The second kappa shape index (κ2) is 8.38. The Bertz CT molecular complexity index is 1230. The van der Waals surface area contributed by atoms with Crippen molar-refractivity contribution in [2.24, 2.45) is 0 Å². The molecule has 0 aliphatic heterocycles. The fourth-order valence-corrected chi connectivity index (χ4v) is 4.43. The van der Waals surface area contributed by atoms with Crippen LogP contribution in [0.3, 0.4) is 0 Å². The first-order valence-corrected chi connectivity index (χ1v) is 10.4. The van der Waals surface area contributed by atoms with Crippen LogP contribution in [0.1, 0.15) is 29.1 Å². The smallest absolute Gasteiger partial charge is 0.303 e. The largest absolute Gasteiger partial charge is 0.481 e. The summed E-state index contributed by atoms with van der Waals surface area (Å²) >= 11 is 8.11. The second-order valence-corrected chi connectivity index (χ2v) is 8.12. The molecule has 0 radical (unpaired) electrons. The molecule has 152 valence electrons. The lowest BCUT2D eigenvalue weighted by molar-refractivity contribution is -0.136. The van der Waals surface area contributed by atoms with Gasteiger partial charge in [-0.1, -0.05) is 23.7 Å². The Morgan fingerprint density at radius 1 is 1.20 bits per heavy atom. The number of aromatic nitrogens is 3. The maximum absolute atomic E-state index is 13.3. The van der Waals surface area contributed by atoms with E-state index in [1.807, 2.05) is 37.3 Å². The number of aryl methyl sites for hydroxylation is 1. The van der Waals surface area contributed by atoms with Gasteiger partial charge in [0.25, 0.3) is 0 Å². The van der Waals surface area contributed by atoms with Gasteiger partial charge in [-0.3, -0.25) is 4.79 Å². The minimum absolute atomic E-state index is 0.0233. The minimum atomic E-state index is -0.883. The van der Waals surface area contributed by atoms with E-state index in [-0.39, 0.29) is 12.2 Å². The Labute approximate surface area is 181 Å². The molecule has 0 spiro atoms. The maximum Gasteiger partial charge on any atom is 0.303 e. The van der Waals surface area contributed by atoms with E-state index >= 15 is 0 Å². The Kier molecular flexibility index (Phi) is 5.65. The summed E-state index contributed by atoms with van der Waals surface area (Å²) in [6.45, 7) is 1.82. The van der Waals surface area contributed by atoms with Gasteiger partial charge in [-0.15, -0.1) is 11.3 Å². The van der Waals surface area contributed by atoms with Crippen molar-refractivity contribution in [1.29, 1.82) is 0 Å². The zero-order chi connectivity index (χ0) is 21.3. The van der Waals surface area contributed by atoms with Crippen LogP contribution in [0.15, 0.2) is 48.5 Å². The number of benzene rings is 2. The van der Waals surface area contributed by atoms with Gasteiger partial charge in [0.05, 0.1) is 21.6 Å². The number of hydrogen-bond donors (Lipinski definition) is 1. The summed E-state index contributed by atoms with van der Waals surface area (Å²) in [4.78, 5) is 15.9. The summed E-state index contributed by atoms with van der Waals surface area (Å²) in [6, 6.07) is 13.7. The van der Waals surface area contributed by atoms with Crippen molar-refractivity contribution < 1.29 is 14.3 Å². The molecule has 0 aliphatic rings. The molecule has 0 aliphatic carbocycles. The topological polar surface area (TPSA) is 68.0 Å². The molecule has 30 heavy (non-hydrogen) atoms. The van der Waals surface area contributed by atoms with E-state index in [9.17, 15) is 14.3 Å². The lowest BCUT2D eigenvalue weighted by Crippen LogP contribution is -1.97. The van der Waals surface area contributed by atoms with Crippen molar-refractivity contribution in [1.82, 2.24) is 14.8 Å². The van der Waals surface area contributed by atoms with Gasteiger partial charge in [0.1, 0.15) is 16.0 Å². The molecule has 2 aromatic carbocycles. The van der Waals surface area contributed by atoms with Crippen LogP contribution in [0.2, 0.25) is 5.15 Å². The van der Waals surface area contributed by atoms with Gasteiger partial charge >= 0.3 is 5.97 Å². The quantitative estimate of drug-likeness (QED) is 0.399. The number of fused-ring (bicyclic) bond motifs is 1. The van der Waals surface area contributed by atoms with Crippen molar-refractivity contribution in [3.8, 4) is 5.69 Å². The predicted molar refractivity (Wildman–Crippen MR) is 118 cm³/mol. The van der Waals surface area contributed by atoms with Crippen LogP contribution in [-0.2, 0) is 4.79 Å². The summed E-state index contributed by atoms with van der Waals surface area (Å²) in [5.74, 6) is -1.22.